The minimum Gasteiger partial charge on any atom is -0.493 e. The molecule has 2 saturated heterocycles. The van der Waals surface area contributed by atoms with Crippen LogP contribution in [0.2, 0.25) is 5.02 Å². The molecule has 342 valence electrons. The van der Waals surface area contributed by atoms with E-state index in [2.05, 4.69) is 69.2 Å². The van der Waals surface area contributed by atoms with Crippen molar-refractivity contribution in [1.29, 1.82) is 0 Å². The molecular weight excluding hydrogens is 866 g/mol. The number of hydrogen-bond donors (Lipinski definition) is 2. The zero-order chi connectivity index (χ0) is 45.7. The van der Waals surface area contributed by atoms with E-state index in [1.54, 1.807) is 30.5 Å². The molecule has 3 aromatic carbocycles. The van der Waals surface area contributed by atoms with Gasteiger partial charge in [-0.15, -0.1) is 0 Å². The van der Waals surface area contributed by atoms with Gasteiger partial charge in [0, 0.05) is 86.3 Å². The first-order valence-corrected chi connectivity index (χ1v) is 24.3. The SMILES string of the molecule is CC1(C)CCC(CN2CCN(c3ccc(C(=O)NS(=O)(=O)c4cc5c(c([N+](=O)[O-])c4)C[C@H](CCN4CC(C)(C)C4)CO5)c(Oc4cnc5[nH]ccc5c4)c3)CC2)=C(c2ccc(Cl)cc2)C1. The molecule has 16 heteroatoms. The Morgan fingerprint density at radius 3 is 2.51 bits per heavy atom. The van der Waals surface area contributed by atoms with Gasteiger partial charge < -0.3 is 24.3 Å². The van der Waals surface area contributed by atoms with E-state index >= 15 is 0 Å². The average molecular weight is 923 g/mol. The standard InChI is InChI=1S/C49H56ClN7O7S/c1-48(2)14-11-35(42(26-48)33-5-7-36(50)8-6-33)28-54-17-19-56(20-18-54)37-9-10-40(45(23-37)64-38-22-34-12-15-51-46(34)52-27-38)47(58)53-65(61,62)39-24-43(57(59)60)41-21-32(29-63-44(41)25-39)13-16-55-30-49(3,4)31-55/h5-10,12,15,22-25,27,32H,11,13-14,16-21,26,28-31H2,1-4H3,(H,51,52)(H,53,58)/t32-/m0/s1. The van der Waals surface area contributed by atoms with Gasteiger partial charge in [-0.3, -0.25) is 19.8 Å². The van der Waals surface area contributed by atoms with Gasteiger partial charge in [0.25, 0.3) is 21.6 Å². The maximum absolute atomic E-state index is 14.1. The zero-order valence-electron chi connectivity index (χ0n) is 37.4. The Balaban J connectivity index is 0.926. The Hall–Kier alpha value is -5.48. The molecular formula is C49H56ClN7O7S. The summed E-state index contributed by atoms with van der Waals surface area (Å²) in [5.74, 6) is -0.291. The molecule has 1 atom stereocenters. The number of anilines is 1. The van der Waals surface area contributed by atoms with Crippen molar-refractivity contribution in [2.24, 2.45) is 16.7 Å². The second kappa shape index (κ2) is 17.7. The van der Waals surface area contributed by atoms with E-state index in [0.717, 1.165) is 100 Å². The van der Waals surface area contributed by atoms with Crippen molar-refractivity contribution < 1.29 is 27.6 Å². The second-order valence-corrected chi connectivity index (χ2v) is 21.8. The first-order chi connectivity index (χ1) is 31.0. The number of allylic oxidation sites excluding steroid dienone is 1. The molecule has 5 heterocycles. The number of H-pyrrole nitrogens is 1. The highest BCUT2D eigenvalue weighted by Gasteiger charge is 2.36. The molecule has 1 aliphatic carbocycles. The molecule has 65 heavy (non-hydrogen) atoms. The number of fused-ring (bicyclic) bond motifs is 2. The number of aromatic amines is 1. The highest BCUT2D eigenvalue weighted by molar-refractivity contribution is 7.90. The summed E-state index contributed by atoms with van der Waals surface area (Å²) in [6, 6.07) is 19.2. The van der Waals surface area contributed by atoms with Gasteiger partial charge in [0.1, 0.15) is 22.9 Å². The average Bonchev–Trinajstić information content (AvgIpc) is 3.73. The topological polar surface area (TPSA) is 163 Å². The van der Waals surface area contributed by atoms with Crippen LogP contribution in [0.15, 0.2) is 89.6 Å². The predicted molar refractivity (Wildman–Crippen MR) is 253 cm³/mol. The summed E-state index contributed by atoms with van der Waals surface area (Å²) in [6.07, 6.45) is 7.69. The normalized spacial score (nSPS) is 19.9. The van der Waals surface area contributed by atoms with Gasteiger partial charge in [-0.2, -0.15) is 0 Å². The van der Waals surface area contributed by atoms with Crippen molar-refractivity contribution >= 4 is 55.5 Å². The summed E-state index contributed by atoms with van der Waals surface area (Å²) in [5, 5.41) is 13.9. The van der Waals surface area contributed by atoms with Gasteiger partial charge in [0.05, 0.1) is 33.7 Å². The highest BCUT2D eigenvalue weighted by Crippen LogP contribution is 2.44. The number of benzene rings is 3. The summed E-state index contributed by atoms with van der Waals surface area (Å²) in [5.41, 5.74) is 6.07. The number of nitro groups is 1. The molecule has 1 amide bonds. The predicted octanol–water partition coefficient (Wildman–Crippen LogP) is 9.10. The number of halogens is 1. The van der Waals surface area contributed by atoms with E-state index in [-0.39, 0.29) is 34.1 Å². The number of rotatable bonds is 13. The smallest absolute Gasteiger partial charge is 0.277 e. The van der Waals surface area contributed by atoms with Crippen LogP contribution in [0.3, 0.4) is 0 Å². The zero-order valence-corrected chi connectivity index (χ0v) is 38.9. The lowest BCUT2D eigenvalue weighted by atomic mass is 9.72. The molecule has 9 rings (SSSR count). The molecule has 4 aliphatic rings. The number of hydrogen-bond acceptors (Lipinski definition) is 11. The number of pyridine rings is 1. The summed E-state index contributed by atoms with van der Waals surface area (Å²) >= 11 is 6.25. The summed E-state index contributed by atoms with van der Waals surface area (Å²) in [7, 11) is -4.62. The number of sulfonamides is 1. The van der Waals surface area contributed by atoms with Crippen molar-refractivity contribution in [2.75, 3.05) is 63.9 Å². The van der Waals surface area contributed by atoms with Crippen molar-refractivity contribution in [1.82, 2.24) is 24.5 Å². The van der Waals surface area contributed by atoms with Crippen molar-refractivity contribution in [3.63, 3.8) is 0 Å². The molecule has 0 spiro atoms. The molecule has 2 aromatic heterocycles. The number of nitrogens with one attached hydrogen (secondary N) is 2. The molecule has 14 nitrogen and oxygen atoms in total. The molecule has 0 saturated carbocycles. The van der Waals surface area contributed by atoms with Gasteiger partial charge in [0.2, 0.25) is 0 Å². The van der Waals surface area contributed by atoms with Gasteiger partial charge in [-0.05, 0) is 103 Å². The van der Waals surface area contributed by atoms with Gasteiger partial charge in [0.15, 0.2) is 0 Å². The van der Waals surface area contributed by atoms with Crippen LogP contribution in [0.25, 0.3) is 16.6 Å². The fourth-order valence-electron chi connectivity index (χ4n) is 9.90. The van der Waals surface area contributed by atoms with Crippen LogP contribution in [0, 0.1) is 26.9 Å². The number of carbonyl (C=O) groups excluding carboxylic acids is 1. The van der Waals surface area contributed by atoms with Crippen LogP contribution in [0.4, 0.5) is 11.4 Å². The lowest BCUT2D eigenvalue weighted by Crippen LogP contribution is -2.53. The fourth-order valence-corrected chi connectivity index (χ4v) is 11.0. The Bertz CT molecular complexity index is 2770. The van der Waals surface area contributed by atoms with E-state index in [4.69, 9.17) is 21.1 Å². The maximum atomic E-state index is 14.1. The Morgan fingerprint density at radius 2 is 1.77 bits per heavy atom. The Labute approximate surface area is 385 Å². The van der Waals surface area contributed by atoms with E-state index in [1.807, 2.05) is 18.2 Å². The molecule has 0 radical (unpaired) electrons. The number of carbonyl (C=O) groups is 1. The van der Waals surface area contributed by atoms with Gasteiger partial charge in [-0.1, -0.05) is 57.0 Å². The molecule has 2 N–H and O–H groups in total. The Morgan fingerprint density at radius 1 is 1.00 bits per heavy atom. The molecule has 0 unspecified atom stereocenters. The molecule has 2 fully saturated rings. The number of likely N-dealkylation sites (tertiary alicyclic amines) is 1. The van der Waals surface area contributed by atoms with Crippen molar-refractivity contribution in [3.05, 3.63) is 117 Å². The van der Waals surface area contributed by atoms with E-state index < -0.39 is 25.7 Å². The number of nitrogens with zero attached hydrogens (tertiary/aromatic N) is 5. The van der Waals surface area contributed by atoms with Crippen LogP contribution in [-0.2, 0) is 16.4 Å². The largest absolute Gasteiger partial charge is 0.493 e. The van der Waals surface area contributed by atoms with E-state index in [9.17, 15) is 23.3 Å². The van der Waals surface area contributed by atoms with Crippen LogP contribution in [0.1, 0.15) is 74.9 Å². The number of nitro benzene ring substituents is 1. The second-order valence-electron chi connectivity index (χ2n) is 19.7. The number of piperazine rings is 1. The number of aromatic nitrogens is 2. The van der Waals surface area contributed by atoms with Gasteiger partial charge >= 0.3 is 0 Å². The van der Waals surface area contributed by atoms with E-state index in [1.165, 1.54) is 29.0 Å². The van der Waals surface area contributed by atoms with Crippen molar-refractivity contribution in [3.8, 4) is 17.2 Å². The molecule has 3 aliphatic heterocycles. The third-order valence-electron chi connectivity index (χ3n) is 13.4. The third-order valence-corrected chi connectivity index (χ3v) is 14.9. The summed E-state index contributed by atoms with van der Waals surface area (Å²) in [4.78, 5) is 40.0. The first-order valence-electron chi connectivity index (χ1n) is 22.4. The van der Waals surface area contributed by atoms with E-state index in [0.29, 0.717) is 35.4 Å². The lowest BCUT2D eigenvalue weighted by molar-refractivity contribution is -0.386. The third kappa shape index (κ3) is 10.0. The first kappa shape index (κ1) is 44.7. The van der Waals surface area contributed by atoms with Gasteiger partial charge in [-0.25, -0.2) is 18.1 Å². The monoisotopic (exact) mass is 921 g/mol. The fraction of sp³-hybridized carbons (Fsp3) is 0.429. The molecule has 5 aromatic rings. The van der Waals surface area contributed by atoms with Crippen LogP contribution in [0.5, 0.6) is 17.2 Å². The highest BCUT2D eigenvalue weighted by atomic mass is 35.5. The summed E-state index contributed by atoms with van der Waals surface area (Å²) in [6.45, 7) is 16.3. The van der Waals surface area contributed by atoms with Crippen LogP contribution < -0.4 is 19.1 Å². The minimum atomic E-state index is -4.62. The Kier molecular flexibility index (Phi) is 12.2. The number of ether oxygens (including phenoxy) is 2. The van der Waals surface area contributed by atoms with Crippen LogP contribution >= 0.6 is 11.6 Å². The summed E-state index contributed by atoms with van der Waals surface area (Å²) < 4.78 is 42.4. The number of amides is 1. The van der Waals surface area contributed by atoms with Crippen LogP contribution in [-0.4, -0.2) is 98.0 Å². The minimum absolute atomic E-state index is 0.0378. The molecule has 0 bridgehead atoms. The lowest BCUT2D eigenvalue weighted by Gasteiger charge is -2.46. The quantitative estimate of drug-likeness (QED) is 0.0856. The maximum Gasteiger partial charge on any atom is 0.277 e. The van der Waals surface area contributed by atoms with Crippen molar-refractivity contribution in [2.45, 2.75) is 64.7 Å².